The zero-order valence-electron chi connectivity index (χ0n) is 11.9. The molecule has 0 spiro atoms. The molecule has 0 saturated heterocycles. The van der Waals surface area contributed by atoms with Gasteiger partial charge in [0, 0.05) is 18.9 Å². The molecular weight excluding hydrogens is 254 g/mol. The smallest absolute Gasteiger partial charge is 0.220 e. The fourth-order valence-electron chi connectivity index (χ4n) is 1.99. The van der Waals surface area contributed by atoms with E-state index in [1.807, 2.05) is 25.1 Å². The Labute approximate surface area is 119 Å². The Morgan fingerprint density at radius 3 is 2.70 bits per heavy atom. The number of benzene rings is 1. The molecule has 0 heterocycles. The number of nitrogens with two attached hydrogens (primary N) is 1. The molecule has 0 aliphatic carbocycles. The summed E-state index contributed by atoms with van der Waals surface area (Å²) in [7, 11) is 0. The Balaban J connectivity index is 2.28. The summed E-state index contributed by atoms with van der Waals surface area (Å²) in [5.41, 5.74) is 6.69. The van der Waals surface area contributed by atoms with E-state index in [-0.39, 0.29) is 17.8 Å². The van der Waals surface area contributed by atoms with Gasteiger partial charge in [-0.3, -0.25) is 4.79 Å². The van der Waals surface area contributed by atoms with Crippen molar-refractivity contribution in [2.24, 2.45) is 10.9 Å². The second-order valence-corrected chi connectivity index (χ2v) is 4.81. The molecule has 0 aliphatic rings. The predicted octanol–water partition coefficient (Wildman–Crippen LogP) is 2.04. The lowest BCUT2D eigenvalue weighted by molar-refractivity contribution is -0.121. The number of oxime groups is 1. The topological polar surface area (TPSA) is 87.7 Å². The number of aryl methyl sites for hydroxylation is 1. The minimum Gasteiger partial charge on any atom is -0.409 e. The predicted molar refractivity (Wildman–Crippen MR) is 79.6 cm³/mol. The SMILES string of the molecule is CCC(CC(N)=NO)NC(=O)CCCc1ccccc1. The van der Waals surface area contributed by atoms with E-state index in [1.54, 1.807) is 0 Å². The molecule has 110 valence electrons. The number of amidine groups is 1. The number of rotatable bonds is 8. The standard InChI is InChI=1S/C15H23N3O2/c1-2-13(11-14(16)18-20)17-15(19)10-6-9-12-7-4-3-5-8-12/h3-5,7-8,13,20H,2,6,9-11H2,1H3,(H2,16,18)(H,17,19). The monoisotopic (exact) mass is 277 g/mol. The van der Waals surface area contributed by atoms with Crippen molar-refractivity contribution in [3.63, 3.8) is 0 Å². The molecule has 1 unspecified atom stereocenters. The molecule has 1 aromatic carbocycles. The summed E-state index contributed by atoms with van der Waals surface area (Å²) in [6.45, 7) is 1.96. The Morgan fingerprint density at radius 2 is 2.10 bits per heavy atom. The van der Waals surface area contributed by atoms with Gasteiger partial charge in [-0.05, 0) is 24.8 Å². The van der Waals surface area contributed by atoms with E-state index in [0.717, 1.165) is 19.3 Å². The van der Waals surface area contributed by atoms with Gasteiger partial charge in [-0.1, -0.05) is 42.4 Å². The quantitative estimate of drug-likeness (QED) is 0.294. The van der Waals surface area contributed by atoms with Gasteiger partial charge in [0.15, 0.2) is 0 Å². The molecular formula is C15H23N3O2. The zero-order valence-corrected chi connectivity index (χ0v) is 11.9. The highest BCUT2D eigenvalue weighted by molar-refractivity contribution is 5.82. The molecule has 4 N–H and O–H groups in total. The van der Waals surface area contributed by atoms with Gasteiger partial charge < -0.3 is 16.3 Å². The molecule has 20 heavy (non-hydrogen) atoms. The maximum Gasteiger partial charge on any atom is 0.220 e. The molecule has 0 aliphatic heterocycles. The first-order chi connectivity index (χ1) is 9.65. The third-order valence-corrected chi connectivity index (χ3v) is 3.15. The van der Waals surface area contributed by atoms with E-state index >= 15 is 0 Å². The summed E-state index contributed by atoms with van der Waals surface area (Å²) in [5.74, 6) is 0.153. The molecule has 0 bridgehead atoms. The summed E-state index contributed by atoms with van der Waals surface area (Å²) in [6.07, 6.45) is 3.32. The summed E-state index contributed by atoms with van der Waals surface area (Å²) in [6, 6.07) is 10.0. The summed E-state index contributed by atoms with van der Waals surface area (Å²) in [4.78, 5) is 11.8. The van der Waals surface area contributed by atoms with Gasteiger partial charge in [-0.2, -0.15) is 0 Å². The summed E-state index contributed by atoms with van der Waals surface area (Å²) < 4.78 is 0. The van der Waals surface area contributed by atoms with Crippen molar-refractivity contribution in [2.45, 2.75) is 45.1 Å². The summed E-state index contributed by atoms with van der Waals surface area (Å²) >= 11 is 0. The van der Waals surface area contributed by atoms with Gasteiger partial charge in [-0.25, -0.2) is 0 Å². The van der Waals surface area contributed by atoms with Crippen LogP contribution in [0.5, 0.6) is 0 Å². The fourth-order valence-corrected chi connectivity index (χ4v) is 1.99. The van der Waals surface area contributed by atoms with Gasteiger partial charge in [0.1, 0.15) is 5.84 Å². The number of amides is 1. The third kappa shape index (κ3) is 6.22. The normalized spacial score (nSPS) is 12.9. The van der Waals surface area contributed by atoms with Crippen LogP contribution in [-0.4, -0.2) is 23.0 Å². The number of nitrogens with zero attached hydrogens (tertiary/aromatic N) is 1. The third-order valence-electron chi connectivity index (χ3n) is 3.15. The van der Waals surface area contributed by atoms with E-state index in [2.05, 4.69) is 22.6 Å². The average molecular weight is 277 g/mol. The van der Waals surface area contributed by atoms with Crippen LogP contribution in [0.1, 0.15) is 38.2 Å². The van der Waals surface area contributed by atoms with Gasteiger partial charge in [-0.15, -0.1) is 0 Å². The first kappa shape index (κ1) is 16.0. The highest BCUT2D eigenvalue weighted by Crippen LogP contribution is 2.05. The van der Waals surface area contributed by atoms with Crippen LogP contribution in [0.15, 0.2) is 35.5 Å². The lowest BCUT2D eigenvalue weighted by Gasteiger charge is -2.16. The minimum atomic E-state index is -0.0740. The maximum absolute atomic E-state index is 11.8. The van der Waals surface area contributed by atoms with E-state index in [1.165, 1.54) is 5.56 Å². The van der Waals surface area contributed by atoms with E-state index in [0.29, 0.717) is 12.8 Å². The van der Waals surface area contributed by atoms with Crippen LogP contribution in [0.2, 0.25) is 0 Å². The number of carbonyl (C=O) groups is 1. The van der Waals surface area contributed by atoms with Crippen molar-refractivity contribution >= 4 is 11.7 Å². The number of carbonyl (C=O) groups excluding carboxylic acids is 1. The highest BCUT2D eigenvalue weighted by atomic mass is 16.4. The number of hydrogen-bond donors (Lipinski definition) is 3. The van der Waals surface area contributed by atoms with Crippen LogP contribution in [0.25, 0.3) is 0 Å². The zero-order chi connectivity index (χ0) is 14.8. The lowest BCUT2D eigenvalue weighted by atomic mass is 10.1. The minimum absolute atomic E-state index is 0.0125. The molecule has 1 atom stereocenters. The van der Waals surface area contributed by atoms with Crippen LogP contribution in [0.4, 0.5) is 0 Å². The van der Waals surface area contributed by atoms with Crippen LogP contribution in [0, 0.1) is 0 Å². The van der Waals surface area contributed by atoms with Crippen molar-refractivity contribution in [1.29, 1.82) is 0 Å². The molecule has 1 amide bonds. The lowest BCUT2D eigenvalue weighted by Crippen LogP contribution is -2.37. The maximum atomic E-state index is 11.8. The van der Waals surface area contributed by atoms with E-state index in [9.17, 15) is 4.79 Å². The molecule has 1 aromatic rings. The molecule has 0 aromatic heterocycles. The second kappa shape index (κ2) is 8.96. The fraction of sp³-hybridized carbons (Fsp3) is 0.467. The molecule has 0 saturated carbocycles. The van der Waals surface area contributed by atoms with Crippen LogP contribution >= 0.6 is 0 Å². The van der Waals surface area contributed by atoms with E-state index in [4.69, 9.17) is 10.9 Å². The second-order valence-electron chi connectivity index (χ2n) is 4.81. The van der Waals surface area contributed by atoms with Crippen LogP contribution < -0.4 is 11.1 Å². The molecule has 0 fully saturated rings. The Kier molecular flexibility index (Phi) is 7.17. The van der Waals surface area contributed by atoms with Gasteiger partial charge >= 0.3 is 0 Å². The van der Waals surface area contributed by atoms with E-state index < -0.39 is 0 Å². The molecule has 5 heteroatoms. The number of nitrogens with one attached hydrogen (secondary N) is 1. The first-order valence-corrected chi connectivity index (χ1v) is 6.95. The average Bonchev–Trinajstić information content (AvgIpc) is 2.47. The highest BCUT2D eigenvalue weighted by Gasteiger charge is 2.12. The Hall–Kier alpha value is -2.04. The Bertz CT molecular complexity index is 432. The molecule has 5 nitrogen and oxygen atoms in total. The van der Waals surface area contributed by atoms with Crippen molar-refractivity contribution in [3.05, 3.63) is 35.9 Å². The summed E-state index contributed by atoms with van der Waals surface area (Å²) in [5, 5.41) is 14.4. The van der Waals surface area contributed by atoms with Gasteiger partial charge in [0.25, 0.3) is 0 Å². The molecule has 1 rings (SSSR count). The Morgan fingerprint density at radius 1 is 1.40 bits per heavy atom. The van der Waals surface area contributed by atoms with Crippen LogP contribution in [-0.2, 0) is 11.2 Å². The largest absolute Gasteiger partial charge is 0.409 e. The first-order valence-electron chi connectivity index (χ1n) is 6.95. The van der Waals surface area contributed by atoms with Gasteiger partial charge in [0.2, 0.25) is 5.91 Å². The van der Waals surface area contributed by atoms with Crippen molar-refractivity contribution < 1.29 is 10.0 Å². The molecule has 0 radical (unpaired) electrons. The number of hydrogen-bond acceptors (Lipinski definition) is 3. The van der Waals surface area contributed by atoms with Crippen molar-refractivity contribution in [3.8, 4) is 0 Å². The van der Waals surface area contributed by atoms with Crippen LogP contribution in [0.3, 0.4) is 0 Å². The van der Waals surface area contributed by atoms with Crippen molar-refractivity contribution in [2.75, 3.05) is 0 Å². The van der Waals surface area contributed by atoms with Gasteiger partial charge in [0.05, 0.1) is 0 Å². The van der Waals surface area contributed by atoms with Crippen molar-refractivity contribution in [1.82, 2.24) is 5.32 Å².